The lowest BCUT2D eigenvalue weighted by Crippen LogP contribution is -2.32. The molecule has 0 radical (unpaired) electrons. The number of hydrogen-bond donors (Lipinski definition) is 2. The van der Waals surface area contributed by atoms with Gasteiger partial charge in [-0.05, 0) is 30.7 Å². The lowest BCUT2D eigenvalue weighted by atomic mass is 10.2. The zero-order chi connectivity index (χ0) is 16.8. The highest BCUT2D eigenvalue weighted by Crippen LogP contribution is 2.16. The second-order valence-corrected chi connectivity index (χ2v) is 5.01. The average molecular weight is 334 g/mol. The van der Waals surface area contributed by atoms with Gasteiger partial charge in [-0.15, -0.1) is 0 Å². The van der Waals surface area contributed by atoms with E-state index in [0.717, 1.165) is 11.8 Å². The number of amides is 2. The number of hydrazone groups is 1. The maximum Gasteiger partial charge on any atom is 0.329 e. The highest BCUT2D eigenvalue weighted by molar-refractivity contribution is 6.39. The first-order valence-electron chi connectivity index (χ1n) is 6.63. The van der Waals surface area contributed by atoms with E-state index in [4.69, 9.17) is 11.6 Å². The summed E-state index contributed by atoms with van der Waals surface area (Å²) in [4.78, 5) is 23.4. The molecule has 0 unspecified atom stereocenters. The minimum absolute atomic E-state index is 0.0220. The minimum atomic E-state index is -0.975. The molecule has 23 heavy (non-hydrogen) atoms. The Morgan fingerprint density at radius 1 is 1.13 bits per heavy atom. The Balaban J connectivity index is 1.98. The molecule has 2 rings (SSSR count). The molecule has 118 valence electrons. The first-order chi connectivity index (χ1) is 11.0. The molecule has 0 aliphatic rings. The van der Waals surface area contributed by atoms with Gasteiger partial charge in [-0.2, -0.15) is 5.10 Å². The first-order valence-corrected chi connectivity index (χ1v) is 7.01. The normalized spacial score (nSPS) is 10.6. The van der Waals surface area contributed by atoms with Crippen molar-refractivity contribution in [3.05, 3.63) is 64.4 Å². The van der Waals surface area contributed by atoms with Crippen LogP contribution in [0.5, 0.6) is 0 Å². The van der Waals surface area contributed by atoms with E-state index in [0.29, 0.717) is 5.69 Å². The molecule has 0 aromatic heterocycles. The van der Waals surface area contributed by atoms with Crippen LogP contribution in [0.4, 0.5) is 10.1 Å². The van der Waals surface area contributed by atoms with Crippen LogP contribution < -0.4 is 10.7 Å². The number of benzene rings is 2. The van der Waals surface area contributed by atoms with Gasteiger partial charge in [-0.1, -0.05) is 35.9 Å². The van der Waals surface area contributed by atoms with Crippen LogP contribution in [0.3, 0.4) is 0 Å². The largest absolute Gasteiger partial charge is 0.329 e. The minimum Gasteiger partial charge on any atom is -0.317 e. The molecule has 0 aliphatic carbocycles. The summed E-state index contributed by atoms with van der Waals surface area (Å²) in [5, 5.41) is 6.14. The summed E-state index contributed by atoms with van der Waals surface area (Å²) in [6.45, 7) is 1.80. The van der Waals surface area contributed by atoms with Crippen molar-refractivity contribution in [2.45, 2.75) is 6.92 Å². The van der Waals surface area contributed by atoms with Gasteiger partial charge in [0.25, 0.3) is 0 Å². The number of halogens is 2. The zero-order valence-electron chi connectivity index (χ0n) is 12.1. The third kappa shape index (κ3) is 4.37. The molecule has 0 saturated carbocycles. The highest BCUT2D eigenvalue weighted by Gasteiger charge is 2.13. The van der Waals surface area contributed by atoms with Crippen LogP contribution >= 0.6 is 11.6 Å². The topological polar surface area (TPSA) is 70.6 Å². The predicted octanol–water partition coefficient (Wildman–Crippen LogP) is 2.88. The van der Waals surface area contributed by atoms with Gasteiger partial charge in [-0.25, -0.2) is 9.82 Å². The molecule has 0 atom stereocenters. The molecule has 0 fully saturated rings. The van der Waals surface area contributed by atoms with Crippen molar-refractivity contribution < 1.29 is 14.0 Å². The quantitative estimate of drug-likeness (QED) is 0.515. The van der Waals surface area contributed by atoms with Crippen molar-refractivity contribution in [1.82, 2.24) is 5.43 Å². The monoisotopic (exact) mass is 333 g/mol. The Labute approximate surface area is 137 Å². The van der Waals surface area contributed by atoms with Crippen LogP contribution in [0, 0.1) is 12.7 Å². The lowest BCUT2D eigenvalue weighted by Gasteiger charge is -2.06. The Hall–Kier alpha value is -2.73. The van der Waals surface area contributed by atoms with Crippen LogP contribution in [-0.2, 0) is 9.59 Å². The molecule has 2 N–H and O–H groups in total. The van der Waals surface area contributed by atoms with Crippen LogP contribution in [0.1, 0.15) is 11.1 Å². The number of carbonyl (C=O) groups excluding carboxylic acids is 2. The smallest absolute Gasteiger partial charge is 0.317 e. The van der Waals surface area contributed by atoms with E-state index in [2.05, 4.69) is 10.4 Å². The van der Waals surface area contributed by atoms with Gasteiger partial charge >= 0.3 is 11.8 Å². The zero-order valence-corrected chi connectivity index (χ0v) is 12.9. The molecule has 7 heteroatoms. The van der Waals surface area contributed by atoms with Gasteiger partial charge in [0.15, 0.2) is 0 Å². The molecule has 0 bridgehead atoms. The van der Waals surface area contributed by atoms with E-state index < -0.39 is 17.6 Å². The van der Waals surface area contributed by atoms with Gasteiger partial charge in [0.2, 0.25) is 0 Å². The Morgan fingerprint density at radius 2 is 1.87 bits per heavy atom. The maximum absolute atomic E-state index is 13.5. The van der Waals surface area contributed by atoms with Crippen LogP contribution in [0.2, 0.25) is 5.02 Å². The van der Waals surface area contributed by atoms with Crippen molar-refractivity contribution in [2.24, 2.45) is 5.10 Å². The first kappa shape index (κ1) is 16.6. The van der Waals surface area contributed by atoms with E-state index in [1.54, 1.807) is 25.1 Å². The molecule has 2 aromatic rings. The molecular formula is C16H13ClFN3O2. The third-order valence-corrected chi connectivity index (χ3v) is 3.29. The van der Waals surface area contributed by atoms with E-state index in [1.807, 2.05) is 11.5 Å². The molecule has 0 heterocycles. The number of nitrogens with zero attached hydrogens (tertiary/aromatic N) is 1. The summed E-state index contributed by atoms with van der Waals surface area (Å²) in [6.07, 6.45) is 1.04. The molecule has 0 spiro atoms. The lowest BCUT2D eigenvalue weighted by molar-refractivity contribution is -0.136. The second-order valence-electron chi connectivity index (χ2n) is 4.60. The predicted molar refractivity (Wildman–Crippen MR) is 87.0 cm³/mol. The molecule has 2 aromatic carbocycles. The maximum atomic E-state index is 13.5. The van der Waals surface area contributed by atoms with E-state index >= 15 is 0 Å². The van der Waals surface area contributed by atoms with E-state index in [1.165, 1.54) is 18.2 Å². The van der Waals surface area contributed by atoms with Crippen molar-refractivity contribution in [3.8, 4) is 0 Å². The van der Waals surface area contributed by atoms with E-state index in [9.17, 15) is 14.0 Å². The fraction of sp³-hybridized carbons (Fsp3) is 0.0625. The average Bonchev–Trinajstić information content (AvgIpc) is 2.52. The van der Waals surface area contributed by atoms with Crippen LogP contribution in [0.15, 0.2) is 47.6 Å². The summed E-state index contributed by atoms with van der Waals surface area (Å²) in [6, 6.07) is 11.2. The fourth-order valence-electron chi connectivity index (χ4n) is 1.73. The van der Waals surface area contributed by atoms with Gasteiger partial charge in [0, 0.05) is 11.3 Å². The number of nitrogens with one attached hydrogen (secondary N) is 2. The Bertz CT molecular complexity index is 757. The molecule has 0 saturated heterocycles. The fourth-order valence-corrected chi connectivity index (χ4v) is 1.94. The second kappa shape index (κ2) is 7.51. The van der Waals surface area contributed by atoms with Crippen LogP contribution in [0.25, 0.3) is 0 Å². The molecular weight excluding hydrogens is 321 g/mol. The van der Waals surface area contributed by atoms with Crippen molar-refractivity contribution >= 4 is 35.3 Å². The van der Waals surface area contributed by atoms with Crippen molar-refractivity contribution in [1.29, 1.82) is 0 Å². The third-order valence-electron chi connectivity index (χ3n) is 2.96. The number of anilines is 1. The van der Waals surface area contributed by atoms with Gasteiger partial charge in [0.1, 0.15) is 5.82 Å². The number of para-hydroxylation sites is 1. The van der Waals surface area contributed by atoms with E-state index in [-0.39, 0.29) is 10.6 Å². The number of rotatable bonds is 3. The van der Waals surface area contributed by atoms with Crippen LogP contribution in [-0.4, -0.2) is 18.0 Å². The van der Waals surface area contributed by atoms with Gasteiger partial charge in [-0.3, -0.25) is 9.59 Å². The summed E-state index contributed by atoms with van der Waals surface area (Å²) in [5.74, 6) is -2.44. The van der Waals surface area contributed by atoms with Crippen molar-refractivity contribution in [2.75, 3.05) is 5.32 Å². The number of carbonyl (C=O) groups is 2. The Kier molecular flexibility index (Phi) is 5.43. The molecule has 0 aliphatic heterocycles. The summed E-state index contributed by atoms with van der Waals surface area (Å²) in [5.41, 5.74) is 3.38. The van der Waals surface area contributed by atoms with Gasteiger partial charge in [0.05, 0.1) is 11.2 Å². The highest BCUT2D eigenvalue weighted by atomic mass is 35.5. The Morgan fingerprint density at radius 3 is 2.57 bits per heavy atom. The number of aryl methyl sites for hydroxylation is 1. The standard InChI is InChI=1S/C16H13ClFN3O2/c1-10-5-2-3-8-14(10)20-15(22)16(23)21-19-9-11-12(17)6-4-7-13(11)18/h2-9H,1H3,(H,20,22)(H,21,23)/b19-9+. The summed E-state index contributed by atoms with van der Waals surface area (Å²) in [7, 11) is 0. The number of hydrogen-bond acceptors (Lipinski definition) is 3. The molecule has 2 amide bonds. The SMILES string of the molecule is Cc1ccccc1NC(=O)C(=O)N/N=C/c1c(F)cccc1Cl. The van der Waals surface area contributed by atoms with Crippen molar-refractivity contribution in [3.63, 3.8) is 0 Å². The van der Waals surface area contributed by atoms with Gasteiger partial charge < -0.3 is 5.32 Å². The summed E-state index contributed by atoms with van der Waals surface area (Å²) < 4.78 is 13.5. The summed E-state index contributed by atoms with van der Waals surface area (Å²) >= 11 is 5.81. The molecule has 5 nitrogen and oxygen atoms in total.